The van der Waals surface area contributed by atoms with Gasteiger partial charge < -0.3 is 20.3 Å². The van der Waals surface area contributed by atoms with E-state index in [1.165, 1.54) is 0 Å². The third kappa shape index (κ3) is 4.73. The summed E-state index contributed by atoms with van der Waals surface area (Å²) in [6.45, 7) is 4.34. The number of nitrogens with one attached hydrogen (secondary N) is 2. The molecule has 0 aliphatic carbocycles. The summed E-state index contributed by atoms with van der Waals surface area (Å²) < 4.78 is 5.20. The number of benzene rings is 1. The smallest absolute Gasteiger partial charge is 0.315 e. The summed E-state index contributed by atoms with van der Waals surface area (Å²) in [6, 6.07) is 9.12. The van der Waals surface area contributed by atoms with Crippen molar-refractivity contribution in [2.75, 3.05) is 31.2 Å². The van der Waals surface area contributed by atoms with Gasteiger partial charge in [0.1, 0.15) is 0 Å². The molecule has 6 nitrogen and oxygen atoms in total. The first-order valence-electron chi connectivity index (χ1n) is 7.68. The molecule has 1 heterocycles. The lowest BCUT2D eigenvalue weighted by Gasteiger charge is -2.17. The van der Waals surface area contributed by atoms with Crippen LogP contribution in [0.2, 0.25) is 0 Å². The monoisotopic (exact) mass is 305 g/mol. The Kier molecular flexibility index (Phi) is 6.21. The second-order valence-electron chi connectivity index (χ2n) is 5.19. The van der Waals surface area contributed by atoms with E-state index in [4.69, 9.17) is 4.74 Å². The van der Waals surface area contributed by atoms with Gasteiger partial charge in [0.25, 0.3) is 0 Å². The molecule has 0 saturated carbocycles. The van der Waals surface area contributed by atoms with Gasteiger partial charge in [-0.2, -0.15) is 0 Å². The maximum absolute atomic E-state index is 12.0. The number of hydrogen-bond donors (Lipinski definition) is 2. The molecule has 1 unspecified atom stereocenters. The van der Waals surface area contributed by atoms with E-state index in [0.717, 1.165) is 12.1 Å². The minimum atomic E-state index is -0.232. The summed E-state index contributed by atoms with van der Waals surface area (Å²) in [5.41, 5.74) is 0.869. The van der Waals surface area contributed by atoms with Crippen LogP contribution in [0.3, 0.4) is 0 Å². The van der Waals surface area contributed by atoms with Gasteiger partial charge in [0.2, 0.25) is 5.91 Å². The van der Waals surface area contributed by atoms with Gasteiger partial charge in [-0.1, -0.05) is 18.2 Å². The number of para-hydroxylation sites is 1. The van der Waals surface area contributed by atoms with Crippen LogP contribution in [-0.4, -0.2) is 44.3 Å². The van der Waals surface area contributed by atoms with E-state index in [1.807, 2.05) is 37.3 Å². The SMILES string of the molecule is CCOCCCNC(=O)NC1CC(=O)N(c2ccccc2)C1. The second kappa shape index (κ2) is 8.38. The Morgan fingerprint density at radius 1 is 1.36 bits per heavy atom. The van der Waals surface area contributed by atoms with Crippen LogP contribution in [0, 0.1) is 0 Å². The predicted molar refractivity (Wildman–Crippen MR) is 84.8 cm³/mol. The van der Waals surface area contributed by atoms with Crippen molar-refractivity contribution in [1.82, 2.24) is 10.6 Å². The number of urea groups is 1. The predicted octanol–water partition coefficient (Wildman–Crippen LogP) is 1.52. The third-order valence-corrected chi connectivity index (χ3v) is 3.48. The minimum absolute atomic E-state index is 0.0350. The van der Waals surface area contributed by atoms with E-state index in [0.29, 0.717) is 32.7 Å². The van der Waals surface area contributed by atoms with Crippen molar-refractivity contribution in [2.45, 2.75) is 25.8 Å². The van der Waals surface area contributed by atoms with Crippen LogP contribution < -0.4 is 15.5 Å². The molecular formula is C16H23N3O3. The standard InChI is InChI=1S/C16H23N3O3/c1-2-22-10-6-9-17-16(21)18-13-11-15(20)19(12-13)14-7-4-3-5-8-14/h3-5,7-8,13H,2,6,9-12H2,1H3,(H2,17,18,21). The number of nitrogens with zero attached hydrogens (tertiary/aromatic N) is 1. The number of carbonyl (C=O) groups is 2. The van der Waals surface area contributed by atoms with Gasteiger partial charge in [0.15, 0.2) is 0 Å². The Morgan fingerprint density at radius 3 is 2.86 bits per heavy atom. The van der Waals surface area contributed by atoms with Gasteiger partial charge in [-0.25, -0.2) is 4.79 Å². The fourth-order valence-corrected chi connectivity index (χ4v) is 2.42. The van der Waals surface area contributed by atoms with Crippen molar-refractivity contribution in [3.05, 3.63) is 30.3 Å². The number of carbonyl (C=O) groups excluding carboxylic acids is 2. The molecule has 0 aromatic heterocycles. The largest absolute Gasteiger partial charge is 0.382 e. The van der Waals surface area contributed by atoms with Gasteiger partial charge in [0.05, 0.1) is 6.04 Å². The van der Waals surface area contributed by atoms with E-state index >= 15 is 0 Å². The minimum Gasteiger partial charge on any atom is -0.382 e. The molecule has 6 heteroatoms. The first-order chi connectivity index (χ1) is 10.7. The Balaban J connectivity index is 1.73. The Bertz CT molecular complexity index is 493. The van der Waals surface area contributed by atoms with Gasteiger partial charge in [-0.3, -0.25) is 4.79 Å². The number of ether oxygens (including phenoxy) is 1. The molecule has 120 valence electrons. The lowest BCUT2D eigenvalue weighted by Crippen LogP contribution is -2.43. The lowest BCUT2D eigenvalue weighted by molar-refractivity contribution is -0.117. The van der Waals surface area contributed by atoms with Crippen LogP contribution in [0.15, 0.2) is 30.3 Å². The molecule has 1 atom stereocenters. The van der Waals surface area contributed by atoms with E-state index in [1.54, 1.807) is 4.90 Å². The quantitative estimate of drug-likeness (QED) is 0.750. The van der Waals surface area contributed by atoms with Crippen molar-refractivity contribution in [2.24, 2.45) is 0 Å². The number of anilines is 1. The molecule has 0 bridgehead atoms. The molecule has 2 rings (SSSR count). The Morgan fingerprint density at radius 2 is 2.14 bits per heavy atom. The Hall–Kier alpha value is -2.08. The van der Waals surface area contributed by atoms with E-state index < -0.39 is 0 Å². The molecule has 1 saturated heterocycles. The molecular weight excluding hydrogens is 282 g/mol. The molecule has 1 aliphatic rings. The molecule has 0 radical (unpaired) electrons. The zero-order valence-corrected chi connectivity index (χ0v) is 12.9. The highest BCUT2D eigenvalue weighted by atomic mass is 16.5. The highest BCUT2D eigenvalue weighted by Crippen LogP contribution is 2.20. The highest BCUT2D eigenvalue weighted by Gasteiger charge is 2.31. The number of hydrogen-bond acceptors (Lipinski definition) is 3. The average molecular weight is 305 g/mol. The second-order valence-corrected chi connectivity index (χ2v) is 5.19. The Labute approximate surface area is 130 Å². The van der Waals surface area contributed by atoms with Crippen LogP contribution in [-0.2, 0) is 9.53 Å². The van der Waals surface area contributed by atoms with Crippen LogP contribution in [0.5, 0.6) is 0 Å². The zero-order valence-electron chi connectivity index (χ0n) is 12.9. The van der Waals surface area contributed by atoms with Crippen molar-refractivity contribution in [1.29, 1.82) is 0 Å². The maximum Gasteiger partial charge on any atom is 0.315 e. The van der Waals surface area contributed by atoms with Crippen molar-refractivity contribution >= 4 is 17.6 Å². The fraction of sp³-hybridized carbons (Fsp3) is 0.500. The first kappa shape index (κ1) is 16.3. The molecule has 3 amide bonds. The van der Waals surface area contributed by atoms with Crippen molar-refractivity contribution < 1.29 is 14.3 Å². The molecule has 1 aromatic rings. The van der Waals surface area contributed by atoms with Gasteiger partial charge in [0, 0.05) is 38.4 Å². The summed E-state index contributed by atoms with van der Waals surface area (Å²) in [4.78, 5) is 25.5. The van der Waals surface area contributed by atoms with Crippen LogP contribution in [0.1, 0.15) is 19.8 Å². The van der Waals surface area contributed by atoms with Crippen LogP contribution >= 0.6 is 0 Å². The van der Waals surface area contributed by atoms with Gasteiger partial charge in [-0.15, -0.1) is 0 Å². The van der Waals surface area contributed by atoms with Gasteiger partial charge in [-0.05, 0) is 25.5 Å². The highest BCUT2D eigenvalue weighted by molar-refractivity contribution is 5.96. The van der Waals surface area contributed by atoms with Gasteiger partial charge >= 0.3 is 6.03 Å². The van der Waals surface area contributed by atoms with Crippen LogP contribution in [0.4, 0.5) is 10.5 Å². The molecule has 1 fully saturated rings. The number of amides is 3. The lowest BCUT2D eigenvalue weighted by atomic mass is 10.2. The van der Waals surface area contributed by atoms with Crippen molar-refractivity contribution in [3.8, 4) is 0 Å². The maximum atomic E-state index is 12.0. The van der Waals surface area contributed by atoms with Crippen molar-refractivity contribution in [3.63, 3.8) is 0 Å². The normalized spacial score (nSPS) is 17.6. The van der Waals surface area contributed by atoms with Crippen LogP contribution in [0.25, 0.3) is 0 Å². The summed E-state index contributed by atoms with van der Waals surface area (Å²) in [7, 11) is 0. The average Bonchev–Trinajstić information content (AvgIpc) is 2.88. The first-order valence-corrected chi connectivity index (χ1v) is 7.68. The molecule has 2 N–H and O–H groups in total. The summed E-state index contributed by atoms with van der Waals surface area (Å²) in [6.07, 6.45) is 1.11. The fourth-order valence-electron chi connectivity index (χ4n) is 2.42. The summed E-state index contributed by atoms with van der Waals surface area (Å²) in [5, 5.41) is 5.62. The zero-order chi connectivity index (χ0) is 15.8. The molecule has 1 aliphatic heterocycles. The van der Waals surface area contributed by atoms with E-state index in [-0.39, 0.29) is 18.0 Å². The van der Waals surface area contributed by atoms with E-state index in [2.05, 4.69) is 10.6 Å². The summed E-state index contributed by atoms with van der Waals surface area (Å²) in [5.74, 6) is 0.0350. The number of rotatable bonds is 7. The summed E-state index contributed by atoms with van der Waals surface area (Å²) >= 11 is 0. The third-order valence-electron chi connectivity index (χ3n) is 3.48. The molecule has 0 spiro atoms. The van der Waals surface area contributed by atoms with E-state index in [9.17, 15) is 9.59 Å². The topological polar surface area (TPSA) is 70.7 Å². The molecule has 1 aromatic carbocycles. The molecule has 22 heavy (non-hydrogen) atoms.